The summed E-state index contributed by atoms with van der Waals surface area (Å²) < 4.78 is 2.97. The van der Waals surface area contributed by atoms with Gasteiger partial charge in [0.1, 0.15) is 0 Å². The van der Waals surface area contributed by atoms with Gasteiger partial charge < -0.3 is 14.7 Å². The van der Waals surface area contributed by atoms with Crippen LogP contribution in [0.1, 0.15) is 252 Å². The Hall–Kier alpha value is -5.26. The zero-order chi connectivity index (χ0) is 58.5. The fraction of sp³-hybridized carbons (Fsp3) is 0.513. The van der Waals surface area contributed by atoms with Gasteiger partial charge in [-0.15, -0.1) is 11.3 Å². The minimum absolute atomic E-state index is 0.00240. The summed E-state index contributed by atoms with van der Waals surface area (Å²) in [6, 6.07) is 41.6. The summed E-state index contributed by atoms with van der Waals surface area (Å²) in [7, 11) is 0. The fourth-order valence-corrected chi connectivity index (χ4v) is 19.9. The van der Waals surface area contributed by atoms with Crippen molar-refractivity contribution in [2.75, 3.05) is 14.7 Å². The van der Waals surface area contributed by atoms with Crippen LogP contribution in [0.5, 0.6) is 0 Å². The van der Waals surface area contributed by atoms with Gasteiger partial charge in [-0.1, -0.05) is 167 Å². The van der Waals surface area contributed by atoms with Gasteiger partial charge in [0.2, 0.25) is 0 Å². The molecule has 3 nitrogen and oxygen atoms in total. The quantitative estimate of drug-likeness (QED) is 0.163. The highest BCUT2D eigenvalue weighted by molar-refractivity contribution is 7.33. The van der Waals surface area contributed by atoms with Gasteiger partial charge in [0.15, 0.2) is 0 Å². The first-order valence-corrected chi connectivity index (χ1v) is 33.4. The minimum atomic E-state index is -0.127. The molecular weight excluding hydrogens is 1020 g/mol. The Labute approximate surface area is 504 Å². The lowest BCUT2D eigenvalue weighted by Crippen LogP contribution is -2.61. The highest BCUT2D eigenvalue weighted by Crippen LogP contribution is 2.64. The van der Waals surface area contributed by atoms with Crippen LogP contribution in [0.4, 0.5) is 45.5 Å². The van der Waals surface area contributed by atoms with Gasteiger partial charge in [-0.25, -0.2) is 0 Å². The van der Waals surface area contributed by atoms with E-state index >= 15 is 0 Å². The van der Waals surface area contributed by atoms with Crippen molar-refractivity contribution in [3.05, 3.63) is 147 Å². The Morgan fingerprint density at radius 2 is 0.964 bits per heavy atom. The molecule has 4 heterocycles. The Kier molecular flexibility index (Phi) is 11.0. The number of para-hydroxylation sites is 1. The van der Waals surface area contributed by atoms with E-state index in [1.165, 1.54) is 175 Å². The van der Waals surface area contributed by atoms with E-state index in [-0.39, 0.29) is 61.0 Å². The van der Waals surface area contributed by atoms with Crippen molar-refractivity contribution in [1.29, 1.82) is 0 Å². The van der Waals surface area contributed by atoms with Crippen molar-refractivity contribution in [2.45, 2.75) is 256 Å². The van der Waals surface area contributed by atoms with Crippen molar-refractivity contribution in [3.63, 3.8) is 0 Å². The number of hydrogen-bond acceptors (Lipinski definition) is 4. The standard InChI is InChI=1S/C78H94BN3S/c1-69(2,3)47-37-48(70(4,5)6)39-50(38-47)80-62-45-57-56(73(11,12)31-32-74(57,13)14)44-60(62)79-66-63(80)41-51(82-61-24-20-19-23-54(61)77(17)27-21-22-28-78(77,82)18)42-64(66)81(49-25-26-53-55(40-49)72(9,10)30-29-71(53,7)8)67-52-43-58-59(46-65(52)83-68(67)79)76(16)35-33-75(58,15)34-36-76/h19-20,23-26,37-46H,21-22,27-36H2,1-18H3. The van der Waals surface area contributed by atoms with Crippen LogP contribution in [-0.2, 0) is 48.7 Å². The zero-order valence-electron chi connectivity index (χ0n) is 54.1. The van der Waals surface area contributed by atoms with Gasteiger partial charge in [0.25, 0.3) is 6.71 Å². The lowest BCUT2D eigenvalue weighted by atomic mass is 9.35. The van der Waals surface area contributed by atoms with Crippen molar-refractivity contribution in [3.8, 4) is 0 Å². The number of fused-ring (bicyclic) bond motifs is 13. The van der Waals surface area contributed by atoms with E-state index in [4.69, 9.17) is 0 Å². The van der Waals surface area contributed by atoms with Gasteiger partial charge >= 0.3 is 0 Å². The molecule has 0 saturated heterocycles. The van der Waals surface area contributed by atoms with E-state index in [1.807, 2.05) is 0 Å². The van der Waals surface area contributed by atoms with Crippen molar-refractivity contribution >= 4 is 89.3 Å². The second-order valence-electron chi connectivity index (χ2n) is 34.0. The van der Waals surface area contributed by atoms with Crippen LogP contribution in [0.25, 0.3) is 10.1 Å². The third-order valence-corrected chi connectivity index (χ3v) is 26.0. The molecule has 2 unspecified atom stereocenters. The summed E-state index contributed by atoms with van der Waals surface area (Å²) >= 11 is 2.14. The number of rotatable bonds is 3. The van der Waals surface area contributed by atoms with Crippen LogP contribution >= 0.6 is 11.3 Å². The average Bonchev–Trinajstić information content (AvgIpc) is 1.83. The van der Waals surface area contributed by atoms with Gasteiger partial charge in [-0.3, -0.25) is 0 Å². The van der Waals surface area contributed by atoms with Crippen LogP contribution in [-0.4, -0.2) is 12.3 Å². The molecule has 9 aliphatic rings. The maximum atomic E-state index is 2.89. The molecule has 0 N–H and O–H groups in total. The molecule has 0 radical (unpaired) electrons. The summed E-state index contributed by atoms with van der Waals surface area (Å²) in [4.78, 5) is 8.58. The van der Waals surface area contributed by atoms with Crippen molar-refractivity contribution in [1.82, 2.24) is 0 Å². The fourth-order valence-electron chi connectivity index (χ4n) is 18.6. The second-order valence-corrected chi connectivity index (χ2v) is 35.1. The van der Waals surface area contributed by atoms with Crippen LogP contribution < -0.4 is 30.4 Å². The third-order valence-electron chi connectivity index (χ3n) is 24.8. The highest BCUT2D eigenvalue weighted by Gasteiger charge is 2.59. The van der Waals surface area contributed by atoms with E-state index in [0.717, 1.165) is 6.42 Å². The number of benzene rings is 6. The first-order chi connectivity index (χ1) is 38.8. The topological polar surface area (TPSA) is 9.72 Å². The Bertz CT molecular complexity index is 3920. The van der Waals surface area contributed by atoms with Gasteiger partial charge in [-0.2, -0.15) is 0 Å². The molecule has 2 saturated carbocycles. The van der Waals surface area contributed by atoms with Crippen LogP contribution in [0.2, 0.25) is 0 Å². The molecule has 6 aromatic carbocycles. The number of hydrogen-bond donors (Lipinski definition) is 0. The molecule has 1 aromatic heterocycles. The molecule has 2 bridgehead atoms. The first kappa shape index (κ1) is 54.4. The monoisotopic (exact) mass is 1120 g/mol. The minimum Gasteiger partial charge on any atom is -0.334 e. The second kappa shape index (κ2) is 16.8. The molecule has 5 heteroatoms. The summed E-state index contributed by atoms with van der Waals surface area (Å²) in [5.41, 5.74) is 27.7. The van der Waals surface area contributed by atoms with E-state index < -0.39 is 0 Å². The van der Waals surface area contributed by atoms with Gasteiger partial charge in [-0.05, 0) is 236 Å². The number of thiophene rings is 1. The van der Waals surface area contributed by atoms with E-state index in [9.17, 15) is 0 Å². The van der Waals surface area contributed by atoms with Crippen LogP contribution in [0.3, 0.4) is 0 Å². The lowest BCUT2D eigenvalue weighted by Gasteiger charge is -2.52. The number of nitrogens with zero attached hydrogens (tertiary/aromatic N) is 3. The molecule has 2 fully saturated rings. The molecule has 7 aromatic rings. The maximum absolute atomic E-state index is 2.89. The highest BCUT2D eigenvalue weighted by atomic mass is 32.1. The molecule has 83 heavy (non-hydrogen) atoms. The van der Waals surface area contributed by atoms with E-state index in [1.54, 1.807) is 16.7 Å². The van der Waals surface area contributed by atoms with Gasteiger partial charge in [0, 0.05) is 60.1 Å². The molecule has 6 aliphatic carbocycles. The molecule has 2 atom stereocenters. The van der Waals surface area contributed by atoms with Gasteiger partial charge in [0.05, 0.1) is 11.2 Å². The van der Waals surface area contributed by atoms with Crippen molar-refractivity contribution in [2.24, 2.45) is 0 Å². The molecule has 16 rings (SSSR count). The lowest BCUT2D eigenvalue weighted by molar-refractivity contribution is 0.188. The zero-order valence-corrected chi connectivity index (χ0v) is 54.9. The summed E-state index contributed by atoms with van der Waals surface area (Å²) in [5, 5.41) is 1.45. The summed E-state index contributed by atoms with van der Waals surface area (Å²) in [6.45, 7) is 45.2. The molecular formula is C78H94BN3S. The predicted molar refractivity (Wildman–Crippen MR) is 360 cm³/mol. The smallest absolute Gasteiger partial charge is 0.264 e. The van der Waals surface area contributed by atoms with Crippen LogP contribution in [0.15, 0.2) is 97.1 Å². The molecule has 0 amide bonds. The number of anilines is 8. The molecule has 0 spiro atoms. The first-order valence-electron chi connectivity index (χ1n) is 32.6. The maximum Gasteiger partial charge on any atom is 0.264 e. The molecule has 3 aliphatic heterocycles. The SMILES string of the molecule is CC(C)(C)c1cc(N2c3cc4c(cc3B3c5sc6cc7c(cc6c5N(c5ccc6c(c5)C(C)(C)CCC6(C)C)c5cc(N6c8ccccc8C8(C)CCCCC68C)cc2c53)C2(C)CCC7(C)CC2)C(C)(C)CCC4(C)C)cc(C(C)(C)C)c1. The molecule has 430 valence electrons. The average molecular weight is 1120 g/mol. The van der Waals surface area contributed by atoms with Crippen molar-refractivity contribution < 1.29 is 0 Å². The Morgan fingerprint density at radius 3 is 1.58 bits per heavy atom. The van der Waals surface area contributed by atoms with E-state index in [2.05, 4.69) is 248 Å². The summed E-state index contributed by atoms with van der Waals surface area (Å²) in [5.74, 6) is 0. The third kappa shape index (κ3) is 7.40. The predicted octanol–water partition coefficient (Wildman–Crippen LogP) is 20.1. The Morgan fingerprint density at radius 1 is 0.422 bits per heavy atom. The summed E-state index contributed by atoms with van der Waals surface area (Å²) in [6.07, 6.45) is 14.7. The largest absolute Gasteiger partial charge is 0.334 e. The van der Waals surface area contributed by atoms with Crippen LogP contribution in [0, 0.1) is 0 Å². The van der Waals surface area contributed by atoms with E-state index in [0.29, 0.717) is 0 Å². The Balaban J connectivity index is 1.13. The normalized spacial score (nSPS) is 27.3.